The van der Waals surface area contributed by atoms with Gasteiger partial charge in [0.1, 0.15) is 15.6 Å². The number of nitrogens with zero attached hydrogens (tertiary/aromatic N) is 1. The van der Waals surface area contributed by atoms with E-state index in [1.807, 2.05) is 37.4 Å². The Morgan fingerprint density at radius 3 is 2.53 bits per heavy atom. The molecule has 1 saturated heterocycles. The second kappa shape index (κ2) is 10.6. The van der Waals surface area contributed by atoms with Crippen molar-refractivity contribution in [2.45, 2.75) is 51.6 Å². The lowest BCUT2D eigenvalue weighted by molar-refractivity contribution is 0.102. The molecule has 1 aromatic heterocycles. The van der Waals surface area contributed by atoms with Crippen LogP contribution in [0.3, 0.4) is 0 Å². The average Bonchev–Trinajstić information content (AvgIpc) is 3.70. The molecule has 2 aromatic carbocycles. The number of anilines is 1. The van der Waals surface area contributed by atoms with Crippen LogP contribution in [0.25, 0.3) is 10.9 Å². The van der Waals surface area contributed by atoms with E-state index in [9.17, 15) is 13.2 Å². The first-order valence-corrected chi connectivity index (χ1v) is 14.5. The van der Waals surface area contributed by atoms with Crippen LogP contribution in [0, 0.1) is 12.8 Å². The molecule has 2 N–H and O–H groups in total. The molecule has 7 nitrogen and oxygen atoms in total. The van der Waals surface area contributed by atoms with E-state index in [1.54, 1.807) is 12.1 Å². The number of aryl methyl sites for hydroxylation is 1. The number of sulfone groups is 1. The van der Waals surface area contributed by atoms with Gasteiger partial charge in [-0.1, -0.05) is 18.9 Å². The van der Waals surface area contributed by atoms with E-state index in [4.69, 9.17) is 4.74 Å². The highest BCUT2D eigenvalue weighted by Gasteiger charge is 2.23. The zero-order chi connectivity index (χ0) is 25.1. The quantitative estimate of drug-likeness (QED) is 0.438. The van der Waals surface area contributed by atoms with E-state index in [1.165, 1.54) is 12.8 Å². The van der Waals surface area contributed by atoms with Crippen molar-refractivity contribution in [1.29, 1.82) is 0 Å². The Labute approximate surface area is 212 Å². The summed E-state index contributed by atoms with van der Waals surface area (Å²) in [7, 11) is -2.86. The lowest BCUT2D eigenvalue weighted by Crippen LogP contribution is -2.37. The molecule has 1 aliphatic carbocycles. The number of carbonyl (C=O) groups is 1. The van der Waals surface area contributed by atoms with Gasteiger partial charge in [0, 0.05) is 35.4 Å². The van der Waals surface area contributed by atoms with E-state index >= 15 is 0 Å². The Hall–Kier alpha value is -2.97. The van der Waals surface area contributed by atoms with Crippen LogP contribution < -0.4 is 15.4 Å². The molecule has 0 unspecified atom stereocenters. The summed E-state index contributed by atoms with van der Waals surface area (Å²) in [5.41, 5.74) is 4.12. The largest absolute Gasteiger partial charge is 0.494 e. The topological polar surface area (TPSA) is 97.4 Å². The van der Waals surface area contributed by atoms with Gasteiger partial charge >= 0.3 is 0 Å². The molecule has 1 amide bonds. The van der Waals surface area contributed by atoms with Gasteiger partial charge in [-0.2, -0.15) is 0 Å². The second-order valence-corrected chi connectivity index (χ2v) is 12.3. The predicted molar refractivity (Wildman–Crippen MR) is 142 cm³/mol. The monoisotopic (exact) mass is 507 g/mol. The van der Waals surface area contributed by atoms with Crippen LogP contribution in [-0.2, 0) is 16.4 Å². The normalized spacial score (nSPS) is 17.7. The summed E-state index contributed by atoms with van der Waals surface area (Å²) in [6, 6.07) is 13.5. The van der Waals surface area contributed by atoms with Crippen LogP contribution in [0.1, 0.15) is 53.6 Å². The SMILES string of the molecule is Cc1c(NC(=O)c2ccc(OCCC3CC3)cc2)ccc2cc(CNC3CCS(=O)(=O)CC3)cnc12. The number of aromatic nitrogens is 1. The standard InChI is InChI=1S/C28H33N3O4S/c1-19-26(31-28(32)22-4-7-25(8-5-22)35-13-10-20-2-3-20)9-6-23-16-21(18-30-27(19)23)17-29-24-11-14-36(33,34)15-12-24/h4-9,16,18,20,24,29H,2-3,10-15,17H2,1H3,(H,31,32). The summed E-state index contributed by atoms with van der Waals surface area (Å²) in [5, 5.41) is 7.48. The van der Waals surface area contributed by atoms with Crippen LogP contribution in [-0.4, -0.2) is 43.5 Å². The van der Waals surface area contributed by atoms with Gasteiger partial charge < -0.3 is 15.4 Å². The maximum absolute atomic E-state index is 12.8. The van der Waals surface area contributed by atoms with Gasteiger partial charge in [0.15, 0.2) is 0 Å². The average molecular weight is 508 g/mol. The van der Waals surface area contributed by atoms with Crippen molar-refractivity contribution in [3.05, 3.63) is 65.4 Å². The summed E-state index contributed by atoms with van der Waals surface area (Å²) in [5.74, 6) is 1.97. The van der Waals surface area contributed by atoms with Crippen molar-refractivity contribution in [3.8, 4) is 5.75 Å². The fourth-order valence-electron chi connectivity index (χ4n) is 4.63. The molecule has 0 spiro atoms. The Kier molecular flexibility index (Phi) is 7.25. The summed E-state index contributed by atoms with van der Waals surface area (Å²) in [6.07, 6.45) is 6.89. The van der Waals surface area contributed by atoms with E-state index in [0.29, 0.717) is 24.9 Å². The summed E-state index contributed by atoms with van der Waals surface area (Å²) in [4.78, 5) is 17.5. The molecule has 0 bridgehead atoms. The summed E-state index contributed by atoms with van der Waals surface area (Å²) >= 11 is 0. The Morgan fingerprint density at radius 2 is 1.81 bits per heavy atom. The number of amides is 1. The van der Waals surface area contributed by atoms with Gasteiger partial charge in [-0.05, 0) is 79.6 Å². The van der Waals surface area contributed by atoms with Crippen LogP contribution >= 0.6 is 0 Å². The highest BCUT2D eigenvalue weighted by Crippen LogP contribution is 2.32. The number of hydrogen-bond donors (Lipinski definition) is 2. The third-order valence-electron chi connectivity index (χ3n) is 7.17. The van der Waals surface area contributed by atoms with Crippen LogP contribution in [0.4, 0.5) is 5.69 Å². The molecule has 190 valence electrons. The maximum Gasteiger partial charge on any atom is 0.255 e. The summed E-state index contributed by atoms with van der Waals surface area (Å²) in [6.45, 7) is 3.33. The van der Waals surface area contributed by atoms with Crippen molar-refractivity contribution in [2.75, 3.05) is 23.4 Å². The van der Waals surface area contributed by atoms with Gasteiger partial charge in [0.05, 0.1) is 23.6 Å². The molecule has 2 aliphatic rings. The number of ether oxygens (including phenoxy) is 1. The zero-order valence-corrected chi connectivity index (χ0v) is 21.4. The fourth-order valence-corrected chi connectivity index (χ4v) is 6.12. The number of hydrogen-bond acceptors (Lipinski definition) is 6. The zero-order valence-electron chi connectivity index (χ0n) is 20.6. The van der Waals surface area contributed by atoms with Gasteiger partial charge in [-0.15, -0.1) is 0 Å². The first-order valence-electron chi connectivity index (χ1n) is 12.7. The first kappa shape index (κ1) is 24.7. The lowest BCUT2D eigenvalue weighted by Gasteiger charge is -2.23. The van der Waals surface area contributed by atoms with Gasteiger partial charge in [0.25, 0.3) is 5.91 Å². The molecule has 5 rings (SSSR count). The minimum Gasteiger partial charge on any atom is -0.494 e. The van der Waals surface area contributed by atoms with Gasteiger partial charge in [-0.3, -0.25) is 9.78 Å². The molecule has 0 atom stereocenters. The number of carbonyl (C=O) groups excluding carboxylic acids is 1. The predicted octanol–water partition coefficient (Wildman–Crippen LogP) is 4.64. The molecular formula is C28H33N3O4S. The van der Waals surface area contributed by atoms with Crippen molar-refractivity contribution in [2.24, 2.45) is 5.92 Å². The number of nitrogens with one attached hydrogen (secondary N) is 2. The number of benzene rings is 2. The Balaban J connectivity index is 1.19. The molecular weight excluding hydrogens is 474 g/mol. The van der Waals surface area contributed by atoms with Crippen molar-refractivity contribution in [3.63, 3.8) is 0 Å². The third kappa shape index (κ3) is 6.23. The highest BCUT2D eigenvalue weighted by atomic mass is 32.2. The molecule has 0 radical (unpaired) electrons. The highest BCUT2D eigenvalue weighted by molar-refractivity contribution is 7.91. The number of rotatable bonds is 9. The van der Waals surface area contributed by atoms with E-state index < -0.39 is 9.84 Å². The van der Waals surface area contributed by atoms with Gasteiger partial charge in [-0.25, -0.2) is 8.42 Å². The van der Waals surface area contributed by atoms with Crippen molar-refractivity contribution >= 4 is 32.3 Å². The molecule has 36 heavy (non-hydrogen) atoms. The Bertz CT molecular complexity index is 1340. The third-order valence-corrected chi connectivity index (χ3v) is 8.88. The molecule has 1 saturated carbocycles. The number of fused-ring (bicyclic) bond motifs is 1. The van der Waals surface area contributed by atoms with Gasteiger partial charge in [0.2, 0.25) is 0 Å². The molecule has 3 aromatic rings. The lowest BCUT2D eigenvalue weighted by atomic mass is 10.1. The first-order chi connectivity index (χ1) is 17.4. The summed E-state index contributed by atoms with van der Waals surface area (Å²) < 4.78 is 29.0. The van der Waals surface area contributed by atoms with Crippen molar-refractivity contribution in [1.82, 2.24) is 10.3 Å². The van der Waals surface area contributed by atoms with E-state index in [2.05, 4.69) is 21.7 Å². The smallest absolute Gasteiger partial charge is 0.255 e. The number of pyridine rings is 1. The molecule has 2 heterocycles. The molecule has 2 fully saturated rings. The van der Waals surface area contributed by atoms with E-state index in [-0.39, 0.29) is 23.5 Å². The second-order valence-electron chi connectivity index (χ2n) is 10.0. The fraction of sp³-hybridized carbons (Fsp3) is 0.429. The molecule has 8 heteroatoms. The van der Waals surface area contributed by atoms with Crippen LogP contribution in [0.15, 0.2) is 48.7 Å². The van der Waals surface area contributed by atoms with Crippen molar-refractivity contribution < 1.29 is 17.9 Å². The molecule has 1 aliphatic heterocycles. The minimum atomic E-state index is -2.86. The van der Waals surface area contributed by atoms with E-state index in [0.717, 1.165) is 52.4 Å². The maximum atomic E-state index is 12.8. The minimum absolute atomic E-state index is 0.169. The Morgan fingerprint density at radius 1 is 1.06 bits per heavy atom. The van der Waals surface area contributed by atoms with Crippen LogP contribution in [0.5, 0.6) is 5.75 Å². The van der Waals surface area contributed by atoms with Crippen LogP contribution in [0.2, 0.25) is 0 Å².